The van der Waals surface area contributed by atoms with Crippen molar-refractivity contribution < 1.29 is 19.1 Å². The highest BCUT2D eigenvalue weighted by atomic mass is 16.6. The van der Waals surface area contributed by atoms with Crippen molar-refractivity contribution in [2.45, 2.75) is 72.5 Å². The van der Waals surface area contributed by atoms with Gasteiger partial charge in [0.2, 0.25) is 11.8 Å². The molecule has 2 heterocycles. The predicted octanol–water partition coefficient (Wildman–Crippen LogP) is 2.07. The van der Waals surface area contributed by atoms with Crippen LogP contribution in [0.2, 0.25) is 0 Å². The van der Waals surface area contributed by atoms with Crippen LogP contribution in [0.1, 0.15) is 54.4 Å². The number of allylic oxidation sites excluding steroid dienone is 1. The number of nitrogens with one attached hydrogen (secondary N) is 2. The summed E-state index contributed by atoms with van der Waals surface area (Å²) in [6.45, 7) is 12.6. The minimum atomic E-state index is -0.668. The average Bonchev–Trinajstić information content (AvgIpc) is 3.24. The topological polar surface area (TPSA) is 91.0 Å². The molecule has 3 amide bonds. The predicted molar refractivity (Wildman–Crippen MR) is 111 cm³/mol. The van der Waals surface area contributed by atoms with Crippen molar-refractivity contribution in [3.63, 3.8) is 0 Å². The summed E-state index contributed by atoms with van der Waals surface area (Å²) >= 11 is 0. The molecule has 1 unspecified atom stereocenters. The van der Waals surface area contributed by atoms with E-state index < -0.39 is 17.5 Å². The average molecular weight is 409 g/mol. The molecule has 2 aliphatic rings. The Morgan fingerprint density at radius 3 is 2.45 bits per heavy atom. The lowest BCUT2D eigenvalue weighted by Crippen LogP contribution is -2.56. The maximum Gasteiger partial charge on any atom is 0.414 e. The van der Waals surface area contributed by atoms with E-state index in [9.17, 15) is 14.4 Å². The van der Waals surface area contributed by atoms with Crippen molar-refractivity contribution in [1.29, 1.82) is 0 Å². The molecular weight excluding hydrogens is 372 g/mol. The van der Waals surface area contributed by atoms with Crippen LogP contribution in [0, 0.1) is 11.3 Å². The van der Waals surface area contributed by atoms with E-state index in [-0.39, 0.29) is 29.9 Å². The zero-order chi connectivity index (χ0) is 21.9. The van der Waals surface area contributed by atoms with Gasteiger partial charge in [0.1, 0.15) is 12.6 Å². The molecule has 8 nitrogen and oxygen atoms in total. The van der Waals surface area contributed by atoms with Gasteiger partial charge >= 0.3 is 6.09 Å². The Labute approximate surface area is 174 Å². The van der Waals surface area contributed by atoms with Gasteiger partial charge in [-0.3, -0.25) is 14.5 Å². The molecule has 0 radical (unpaired) electrons. The maximum atomic E-state index is 13.4. The molecular formula is C21H36N4O4. The van der Waals surface area contributed by atoms with Gasteiger partial charge in [-0.05, 0) is 38.1 Å². The first kappa shape index (κ1) is 23.2. The summed E-state index contributed by atoms with van der Waals surface area (Å²) in [5, 5.41) is 5.81. The number of amides is 3. The monoisotopic (exact) mass is 408 g/mol. The zero-order valence-electron chi connectivity index (χ0n) is 18.7. The van der Waals surface area contributed by atoms with Crippen molar-refractivity contribution in [3.8, 4) is 0 Å². The number of carbonyl (C=O) groups excluding carboxylic acids is 3. The Hall–Kier alpha value is -2.09. The standard InChI is InChI=1S/C21H36N4O4/c1-13(2)16-12-29-20(28)25(16)11-15-9-8-10-24(15)19(27)17(21(4,5)6)23-18(26)14(3)22-7/h11,13-14,16-17,22H,8-10,12H2,1-7H3,(H,23,26)/b15-11+/t14-,16?,17+/m0/s1. The van der Waals surface area contributed by atoms with Crippen LogP contribution < -0.4 is 10.6 Å². The van der Waals surface area contributed by atoms with Crippen molar-refractivity contribution in [2.24, 2.45) is 11.3 Å². The van der Waals surface area contributed by atoms with Crippen LogP contribution in [-0.4, -0.2) is 66.0 Å². The first-order valence-corrected chi connectivity index (χ1v) is 10.4. The van der Waals surface area contributed by atoms with Gasteiger partial charge in [0.05, 0.1) is 12.1 Å². The van der Waals surface area contributed by atoms with Gasteiger partial charge < -0.3 is 20.3 Å². The molecule has 0 spiro atoms. The SMILES string of the molecule is CN[C@@H](C)C(=O)N[C@H](C(=O)N1CCC/C1=C\N1C(=O)OCC1C(C)C)C(C)(C)C. The Kier molecular flexibility index (Phi) is 7.32. The Morgan fingerprint density at radius 2 is 1.90 bits per heavy atom. The second kappa shape index (κ2) is 9.15. The quantitative estimate of drug-likeness (QED) is 0.702. The smallest absolute Gasteiger partial charge is 0.414 e. The van der Waals surface area contributed by atoms with E-state index in [1.165, 1.54) is 0 Å². The van der Waals surface area contributed by atoms with Crippen LogP contribution in [0.15, 0.2) is 11.9 Å². The van der Waals surface area contributed by atoms with E-state index >= 15 is 0 Å². The minimum Gasteiger partial charge on any atom is -0.447 e. The third-order valence-electron chi connectivity index (χ3n) is 5.66. The number of hydrogen-bond acceptors (Lipinski definition) is 5. The number of ether oxygens (including phenoxy) is 1. The molecule has 164 valence electrons. The van der Waals surface area contributed by atoms with Crippen LogP contribution in [0.25, 0.3) is 0 Å². The number of nitrogens with zero attached hydrogens (tertiary/aromatic N) is 2. The Bertz CT molecular complexity index is 668. The first-order chi connectivity index (χ1) is 13.5. The van der Waals surface area contributed by atoms with Crippen LogP contribution in [-0.2, 0) is 14.3 Å². The summed E-state index contributed by atoms with van der Waals surface area (Å²) < 4.78 is 5.21. The summed E-state index contributed by atoms with van der Waals surface area (Å²) in [6.07, 6.45) is 2.92. The molecule has 3 atom stereocenters. The highest BCUT2D eigenvalue weighted by molar-refractivity contribution is 5.91. The lowest BCUT2D eigenvalue weighted by Gasteiger charge is -2.34. The molecule has 0 aromatic heterocycles. The highest BCUT2D eigenvalue weighted by Gasteiger charge is 2.40. The number of likely N-dealkylation sites (N-methyl/N-ethyl adjacent to an activating group) is 1. The van der Waals surface area contributed by atoms with Gasteiger partial charge in [-0.15, -0.1) is 0 Å². The van der Waals surface area contributed by atoms with E-state index in [0.717, 1.165) is 12.1 Å². The molecule has 2 fully saturated rings. The Balaban J connectivity index is 2.26. The number of hydrogen-bond donors (Lipinski definition) is 2. The molecule has 2 saturated heterocycles. The fourth-order valence-corrected chi connectivity index (χ4v) is 3.56. The molecule has 29 heavy (non-hydrogen) atoms. The van der Waals surface area contributed by atoms with Crippen molar-refractivity contribution in [3.05, 3.63) is 11.9 Å². The van der Waals surface area contributed by atoms with Gasteiger partial charge in [0.15, 0.2) is 0 Å². The van der Waals surface area contributed by atoms with Crippen molar-refractivity contribution in [1.82, 2.24) is 20.4 Å². The van der Waals surface area contributed by atoms with E-state index in [4.69, 9.17) is 4.74 Å². The molecule has 2 rings (SSSR count). The van der Waals surface area contributed by atoms with Gasteiger partial charge in [0.25, 0.3) is 0 Å². The number of cyclic esters (lactones) is 1. The lowest BCUT2D eigenvalue weighted by molar-refractivity contribution is -0.137. The molecule has 8 heteroatoms. The molecule has 0 aromatic carbocycles. The molecule has 0 aromatic rings. The van der Waals surface area contributed by atoms with E-state index in [1.807, 2.05) is 34.6 Å². The molecule has 2 N–H and O–H groups in total. The van der Waals surface area contributed by atoms with Crippen LogP contribution in [0.3, 0.4) is 0 Å². The van der Waals surface area contributed by atoms with Crippen molar-refractivity contribution >= 4 is 17.9 Å². The largest absolute Gasteiger partial charge is 0.447 e. The van der Waals surface area contributed by atoms with E-state index in [2.05, 4.69) is 10.6 Å². The second-order valence-corrected chi connectivity index (χ2v) is 9.33. The van der Waals surface area contributed by atoms with Crippen LogP contribution in [0.5, 0.6) is 0 Å². The van der Waals surface area contributed by atoms with Gasteiger partial charge in [0, 0.05) is 18.4 Å². The zero-order valence-corrected chi connectivity index (χ0v) is 18.7. The minimum absolute atomic E-state index is 0.0397. The van der Waals surface area contributed by atoms with Crippen molar-refractivity contribution in [2.75, 3.05) is 20.2 Å². The summed E-state index contributed by atoms with van der Waals surface area (Å²) in [7, 11) is 1.71. The van der Waals surface area contributed by atoms with Crippen LogP contribution >= 0.6 is 0 Å². The number of rotatable bonds is 6. The summed E-state index contributed by atoms with van der Waals surface area (Å²) in [5.41, 5.74) is 0.339. The Morgan fingerprint density at radius 1 is 1.24 bits per heavy atom. The molecule has 0 saturated carbocycles. The van der Waals surface area contributed by atoms with Crippen LogP contribution in [0.4, 0.5) is 4.79 Å². The van der Waals surface area contributed by atoms with Gasteiger partial charge in [-0.2, -0.15) is 0 Å². The maximum absolute atomic E-state index is 13.4. The fraction of sp³-hybridized carbons (Fsp3) is 0.762. The third-order valence-corrected chi connectivity index (χ3v) is 5.66. The molecule has 0 aliphatic carbocycles. The third kappa shape index (κ3) is 5.29. The molecule has 2 aliphatic heterocycles. The first-order valence-electron chi connectivity index (χ1n) is 10.4. The summed E-state index contributed by atoms with van der Waals surface area (Å²) in [6, 6.07) is -1.10. The number of carbonyl (C=O) groups is 3. The van der Waals surface area contributed by atoms with Gasteiger partial charge in [-0.25, -0.2) is 4.79 Å². The fourth-order valence-electron chi connectivity index (χ4n) is 3.56. The summed E-state index contributed by atoms with van der Waals surface area (Å²) in [5.74, 6) is -0.117. The van der Waals surface area contributed by atoms with E-state index in [0.29, 0.717) is 19.6 Å². The molecule has 0 bridgehead atoms. The van der Waals surface area contributed by atoms with Gasteiger partial charge in [-0.1, -0.05) is 34.6 Å². The normalized spacial score (nSPS) is 23.5. The lowest BCUT2D eigenvalue weighted by atomic mass is 9.85. The highest BCUT2D eigenvalue weighted by Crippen LogP contribution is 2.29. The summed E-state index contributed by atoms with van der Waals surface area (Å²) in [4.78, 5) is 41.4. The second-order valence-electron chi connectivity index (χ2n) is 9.33. The number of likely N-dealkylation sites (tertiary alicyclic amines) is 1. The van der Waals surface area contributed by atoms with E-state index in [1.54, 1.807) is 30.0 Å².